The highest BCUT2D eigenvalue weighted by Crippen LogP contribution is 2.23. The maximum Gasteiger partial charge on any atom is 0.286 e. The van der Waals surface area contributed by atoms with Crippen molar-refractivity contribution in [3.63, 3.8) is 0 Å². The van der Waals surface area contributed by atoms with Crippen LogP contribution in [0.3, 0.4) is 0 Å². The molecular weight excluding hydrogens is 205 g/mol. The largest absolute Gasteiger partial charge is 0.313 e. The average molecular weight is 223 g/mol. The van der Waals surface area contributed by atoms with Crippen LogP contribution in [0.25, 0.3) is 0 Å². The minimum absolute atomic E-state index is 0.480. The number of aromatic nitrogens is 1. The molecule has 1 aromatic heterocycles. The first-order chi connectivity index (χ1) is 7.77. The van der Waals surface area contributed by atoms with Crippen LogP contribution >= 0.6 is 0 Å². The van der Waals surface area contributed by atoms with Crippen molar-refractivity contribution in [3.05, 3.63) is 34.5 Å². The van der Waals surface area contributed by atoms with Crippen molar-refractivity contribution in [1.29, 1.82) is 0 Å². The van der Waals surface area contributed by atoms with Crippen LogP contribution in [-0.4, -0.2) is 4.57 Å². The van der Waals surface area contributed by atoms with Crippen molar-refractivity contribution < 1.29 is 4.39 Å². The quantitative estimate of drug-likeness (QED) is 0.706. The predicted molar refractivity (Wildman–Crippen MR) is 61.9 cm³/mol. The van der Waals surface area contributed by atoms with Gasteiger partial charge in [-0.2, -0.15) is 0 Å². The van der Waals surface area contributed by atoms with Gasteiger partial charge in [0.15, 0.2) is 5.82 Å². The van der Waals surface area contributed by atoms with Crippen LogP contribution in [0.5, 0.6) is 0 Å². The van der Waals surface area contributed by atoms with E-state index in [0.29, 0.717) is 12.5 Å². The third kappa shape index (κ3) is 2.71. The first-order valence-corrected chi connectivity index (χ1v) is 6.12. The van der Waals surface area contributed by atoms with Crippen molar-refractivity contribution in [2.45, 2.75) is 45.1 Å². The predicted octanol–water partition coefficient (Wildman–Crippen LogP) is 2.96. The van der Waals surface area contributed by atoms with Crippen molar-refractivity contribution in [2.75, 3.05) is 0 Å². The number of rotatable bonds is 2. The van der Waals surface area contributed by atoms with Crippen molar-refractivity contribution in [1.82, 2.24) is 4.57 Å². The Balaban J connectivity index is 2.07. The van der Waals surface area contributed by atoms with Gasteiger partial charge in [0.05, 0.1) is 0 Å². The number of pyridine rings is 1. The fourth-order valence-corrected chi connectivity index (χ4v) is 2.48. The van der Waals surface area contributed by atoms with E-state index in [0.717, 1.165) is 0 Å². The Labute approximate surface area is 95.1 Å². The van der Waals surface area contributed by atoms with Crippen molar-refractivity contribution >= 4 is 0 Å². The van der Waals surface area contributed by atoms with Gasteiger partial charge in [0.1, 0.15) is 0 Å². The Morgan fingerprint density at radius 2 is 1.94 bits per heavy atom. The number of halogens is 1. The summed E-state index contributed by atoms with van der Waals surface area (Å²) in [4.78, 5) is 11.5. The van der Waals surface area contributed by atoms with Gasteiger partial charge in [0.2, 0.25) is 0 Å². The topological polar surface area (TPSA) is 22.0 Å². The highest BCUT2D eigenvalue weighted by molar-refractivity contribution is 4.96. The number of hydrogen-bond acceptors (Lipinski definition) is 1. The number of hydrogen-bond donors (Lipinski definition) is 0. The van der Waals surface area contributed by atoms with Gasteiger partial charge in [-0.3, -0.25) is 4.79 Å². The van der Waals surface area contributed by atoms with E-state index in [9.17, 15) is 9.18 Å². The first kappa shape index (κ1) is 11.4. The summed E-state index contributed by atoms with van der Waals surface area (Å²) < 4.78 is 14.6. The maximum absolute atomic E-state index is 13.1. The van der Waals surface area contributed by atoms with Gasteiger partial charge in [0, 0.05) is 12.7 Å². The van der Waals surface area contributed by atoms with E-state index in [-0.39, 0.29) is 0 Å². The summed E-state index contributed by atoms with van der Waals surface area (Å²) in [5, 5.41) is 0. The van der Waals surface area contributed by atoms with E-state index in [1.165, 1.54) is 49.2 Å². The Bertz CT molecular complexity index is 391. The average Bonchev–Trinajstić information content (AvgIpc) is 2.53. The van der Waals surface area contributed by atoms with E-state index in [2.05, 4.69) is 0 Å². The van der Waals surface area contributed by atoms with Gasteiger partial charge in [-0.15, -0.1) is 0 Å². The summed E-state index contributed by atoms with van der Waals surface area (Å²) in [5.41, 5.74) is -0.480. The van der Waals surface area contributed by atoms with Gasteiger partial charge in [-0.05, 0) is 30.9 Å². The first-order valence-electron chi connectivity index (χ1n) is 6.12. The molecule has 0 spiro atoms. The molecule has 1 aliphatic carbocycles. The molecule has 0 unspecified atom stereocenters. The summed E-state index contributed by atoms with van der Waals surface area (Å²) in [5.74, 6) is -0.0990. The van der Waals surface area contributed by atoms with E-state index >= 15 is 0 Å². The molecule has 2 rings (SSSR count). The molecule has 0 saturated heterocycles. The van der Waals surface area contributed by atoms with Gasteiger partial charge >= 0.3 is 0 Å². The summed E-state index contributed by atoms with van der Waals surface area (Å²) in [6, 6.07) is 2.83. The minimum atomic E-state index is -0.642. The molecular formula is C13H18FNO. The van der Waals surface area contributed by atoms with E-state index in [1.807, 2.05) is 0 Å². The molecule has 16 heavy (non-hydrogen) atoms. The summed E-state index contributed by atoms with van der Waals surface area (Å²) >= 11 is 0. The van der Waals surface area contributed by atoms with Gasteiger partial charge in [-0.1, -0.05) is 25.7 Å². The maximum atomic E-state index is 13.1. The lowest BCUT2D eigenvalue weighted by atomic mass is 10.0. The van der Waals surface area contributed by atoms with Crippen molar-refractivity contribution in [2.24, 2.45) is 5.92 Å². The smallest absolute Gasteiger partial charge is 0.286 e. The second kappa shape index (κ2) is 5.28. The fourth-order valence-electron chi connectivity index (χ4n) is 2.48. The summed E-state index contributed by atoms with van der Waals surface area (Å²) in [6.45, 7) is 0.677. The molecule has 1 aromatic rings. The second-order valence-corrected chi connectivity index (χ2v) is 4.67. The van der Waals surface area contributed by atoms with Crippen molar-refractivity contribution in [3.8, 4) is 0 Å². The zero-order valence-corrected chi connectivity index (χ0v) is 9.49. The zero-order chi connectivity index (χ0) is 11.4. The molecule has 1 heterocycles. The lowest BCUT2D eigenvalue weighted by Crippen LogP contribution is -2.25. The molecule has 0 amide bonds. The zero-order valence-electron chi connectivity index (χ0n) is 9.49. The molecule has 0 aliphatic heterocycles. The van der Waals surface area contributed by atoms with Crippen LogP contribution < -0.4 is 5.56 Å². The van der Waals surface area contributed by atoms with Crippen LogP contribution in [0.15, 0.2) is 23.1 Å². The van der Waals surface area contributed by atoms with Crippen LogP contribution in [0, 0.1) is 11.7 Å². The lowest BCUT2D eigenvalue weighted by molar-refractivity contribution is 0.384. The monoisotopic (exact) mass is 223 g/mol. The molecule has 1 aliphatic rings. The van der Waals surface area contributed by atoms with Gasteiger partial charge in [-0.25, -0.2) is 4.39 Å². The molecule has 88 valence electrons. The van der Waals surface area contributed by atoms with Crippen LogP contribution in [0.2, 0.25) is 0 Å². The molecule has 2 nitrogen and oxygen atoms in total. The molecule has 1 fully saturated rings. The van der Waals surface area contributed by atoms with E-state index in [1.54, 1.807) is 12.3 Å². The molecule has 0 bridgehead atoms. The Hall–Kier alpha value is -1.12. The third-order valence-corrected chi connectivity index (χ3v) is 3.40. The lowest BCUT2D eigenvalue weighted by Gasteiger charge is -2.15. The molecule has 0 radical (unpaired) electrons. The molecule has 0 atom stereocenters. The van der Waals surface area contributed by atoms with Gasteiger partial charge < -0.3 is 4.57 Å². The summed E-state index contributed by atoms with van der Waals surface area (Å²) in [6.07, 6.45) is 9.12. The van der Waals surface area contributed by atoms with Crippen LogP contribution in [0.4, 0.5) is 4.39 Å². The fraction of sp³-hybridized carbons (Fsp3) is 0.615. The van der Waals surface area contributed by atoms with E-state index in [4.69, 9.17) is 0 Å². The highest BCUT2D eigenvalue weighted by Gasteiger charge is 2.13. The standard InChI is InChI=1S/C13H18FNO/c14-12-8-5-9-15(13(12)16)10-11-6-3-1-2-4-7-11/h5,8-9,11H,1-4,6-7,10H2. The molecule has 1 saturated carbocycles. The van der Waals surface area contributed by atoms with Crippen LogP contribution in [0.1, 0.15) is 38.5 Å². The summed E-state index contributed by atoms with van der Waals surface area (Å²) in [7, 11) is 0. The molecule has 0 aromatic carbocycles. The van der Waals surface area contributed by atoms with Crippen LogP contribution in [-0.2, 0) is 6.54 Å². The SMILES string of the molecule is O=c1c(F)cccn1CC1CCCCCC1. The number of nitrogens with zero attached hydrogens (tertiary/aromatic N) is 1. The second-order valence-electron chi connectivity index (χ2n) is 4.67. The Morgan fingerprint density at radius 1 is 1.25 bits per heavy atom. The normalized spacial score (nSPS) is 18.3. The minimum Gasteiger partial charge on any atom is -0.313 e. The third-order valence-electron chi connectivity index (χ3n) is 3.40. The van der Waals surface area contributed by atoms with E-state index < -0.39 is 11.4 Å². The molecule has 0 N–H and O–H groups in total. The Morgan fingerprint density at radius 3 is 2.62 bits per heavy atom. The van der Waals surface area contributed by atoms with Gasteiger partial charge in [0.25, 0.3) is 5.56 Å². The highest BCUT2D eigenvalue weighted by atomic mass is 19.1. The Kier molecular flexibility index (Phi) is 3.75. The molecule has 3 heteroatoms.